The molecule has 5 heterocycles. The van der Waals surface area contributed by atoms with E-state index in [0.29, 0.717) is 40.6 Å². The van der Waals surface area contributed by atoms with Crippen molar-refractivity contribution in [3.63, 3.8) is 0 Å². The van der Waals surface area contributed by atoms with Crippen molar-refractivity contribution in [1.29, 1.82) is 0 Å². The maximum absolute atomic E-state index is 10.6. The van der Waals surface area contributed by atoms with Gasteiger partial charge in [0.2, 0.25) is 66.1 Å². The molecule has 0 bridgehead atoms. The molecule has 0 aliphatic carbocycles. The second-order valence-electron chi connectivity index (χ2n) is 15.3. The Morgan fingerprint density at radius 3 is 0.929 bits per heavy atom. The van der Waals surface area contributed by atoms with Gasteiger partial charge in [-0.15, -0.1) is 0 Å². The Kier molecular flexibility index (Phi) is 72.1. The topological polar surface area (TPSA) is 483 Å². The van der Waals surface area contributed by atoms with Gasteiger partial charge in [-0.25, -0.2) is 14.8 Å². The molecule has 0 fully saturated rings. The van der Waals surface area contributed by atoms with Crippen LogP contribution in [0.5, 0.6) is 0 Å². The van der Waals surface area contributed by atoms with E-state index >= 15 is 0 Å². The first-order valence-corrected chi connectivity index (χ1v) is 26.3. The number of carboxylic acid groups (broad SMARTS) is 4. The smallest absolute Gasteiger partial charge is 0.545 e. The maximum atomic E-state index is 10.6. The molecule has 0 aliphatic heterocycles. The molecule has 44 heteroatoms. The first-order valence-electron chi connectivity index (χ1n) is 23.2. The number of halogens is 8. The minimum absolute atomic E-state index is 0. The molecular formula is C54H69Cl8N21Na4O9P2. The summed E-state index contributed by atoms with van der Waals surface area (Å²) in [6, 6.07) is 24.3. The minimum atomic E-state index is -1.24. The van der Waals surface area contributed by atoms with Gasteiger partial charge >= 0.3 is 124 Å². The SMILES string of the molecule is C.C.C.C.C.CCc1ccc(C(=O)[O-])cc1.CNc1nc(C)[nH]c(=O)n1.CNc1nc(C)nc(Cl)n1.Clc1nc(Cl)nc(Cl)n1.N.Nc1ccc(C(=O)[O-])cc1.O=C([O-])c1ccc(Nc2nc(Cl)nc(Cl)n2)cc1.O=C([O-])c1ccc(Nc2nc(Cl)nc(Cl)n2)cc1.P.P.[Na+].[Na+].[Na+].[Na+]. The molecule has 5 aromatic heterocycles. The number of benzene rings is 4. The molecule has 0 radical (unpaired) electrons. The molecule has 98 heavy (non-hydrogen) atoms. The van der Waals surface area contributed by atoms with E-state index in [4.69, 9.17) is 98.5 Å². The third-order valence-corrected chi connectivity index (χ3v) is 10.5. The van der Waals surface area contributed by atoms with Crippen LogP contribution >= 0.6 is 113 Å². The fraction of sp³-hybridized carbons (Fsp3) is 0.204. The normalized spacial score (nSPS) is 8.54. The molecule has 0 saturated heterocycles. The third-order valence-electron chi connectivity index (χ3n) is 9.15. The number of nitrogens with one attached hydrogen (secondary N) is 5. The van der Waals surface area contributed by atoms with Gasteiger partial charge in [-0.05, 0) is 177 Å². The summed E-state index contributed by atoms with van der Waals surface area (Å²) in [5, 5.41) is 52.7. The van der Waals surface area contributed by atoms with Crippen LogP contribution in [0.1, 0.15) is 103 Å². The number of nitrogens with zero attached hydrogens (tertiary/aromatic N) is 14. The van der Waals surface area contributed by atoms with Gasteiger partial charge < -0.3 is 72.8 Å². The maximum Gasteiger partial charge on any atom is 1.00 e. The summed E-state index contributed by atoms with van der Waals surface area (Å²) in [4.78, 5) is 106. The second kappa shape index (κ2) is 61.4. The molecule has 9 rings (SSSR count). The molecule has 514 valence electrons. The molecule has 0 amide bonds. The van der Waals surface area contributed by atoms with Gasteiger partial charge in [-0.3, -0.25) is 4.98 Å². The number of aryl methyl sites for hydroxylation is 3. The van der Waals surface area contributed by atoms with E-state index in [1.807, 2.05) is 6.92 Å². The summed E-state index contributed by atoms with van der Waals surface area (Å²) >= 11 is 43.9. The number of rotatable bonds is 11. The van der Waals surface area contributed by atoms with E-state index in [1.54, 1.807) is 52.2 Å². The first-order chi connectivity index (χ1) is 40.6. The Bertz CT molecular complexity index is 3580. The van der Waals surface area contributed by atoms with Crippen LogP contribution in [-0.2, 0) is 6.42 Å². The molecule has 2 unspecified atom stereocenters. The number of nitrogen functional groups attached to an aromatic ring is 1. The van der Waals surface area contributed by atoms with Gasteiger partial charge in [0.15, 0.2) is 0 Å². The first kappa shape index (κ1) is 115. The second-order valence-corrected chi connectivity index (χ2v) is 18.0. The number of hydrogen-bond acceptors (Lipinski definition) is 29. The summed E-state index contributed by atoms with van der Waals surface area (Å²) in [7, 11) is 3.39. The standard InChI is InChI=1S/2C10H6Cl2N4O2.C9H10O2.C7H7NO2.C5H7ClN4.C5H8N4O.C3Cl3N3.5CH4.H3N.4Na.2H3P/c2*11-8-14-9(12)16-10(15-8)13-6-3-1-5(2-4-6)7(17)18;1-2-7-3-5-8(6-4-7)9(10)11;8-6-3-1-5(2-4-6)7(9)10;1-3-8-4(6)10-5(7-2)9-3;1-3-7-4(6-2)9-5(10)8-3;4-1-7-2(5)9-3(6)8-1;;;;;;;;;;;;/h2*1-4H,(H,17,18)(H,13,14,15,16);3-6H,2H2,1H3,(H,10,11);1-4H,8H2,(H,9,10);1-2H3,(H,7,8,9,10);1-2H3,(H2,6,7,8,9,10);;5*1H4;1H3;;;;;2*1H3/q;;;;;;;;;;;;;4*+1;;/p-4. The Morgan fingerprint density at radius 2 is 0.663 bits per heavy atom. The predicted molar refractivity (Wildman–Crippen MR) is 375 cm³/mol. The number of carbonyl (C=O) groups excluding carboxylic acids is 4. The predicted octanol–water partition coefficient (Wildman–Crippen LogP) is -3.49. The van der Waals surface area contributed by atoms with Crippen molar-refractivity contribution < 1.29 is 158 Å². The van der Waals surface area contributed by atoms with Gasteiger partial charge in [0.05, 0.1) is 23.9 Å². The van der Waals surface area contributed by atoms with E-state index in [-0.39, 0.29) is 263 Å². The van der Waals surface area contributed by atoms with Crippen molar-refractivity contribution in [1.82, 2.24) is 80.9 Å². The van der Waals surface area contributed by atoms with E-state index in [9.17, 15) is 44.4 Å². The van der Waals surface area contributed by atoms with Crippen LogP contribution in [0.4, 0.5) is 40.9 Å². The van der Waals surface area contributed by atoms with Crippen molar-refractivity contribution in [2.45, 2.75) is 64.3 Å². The number of anilines is 7. The van der Waals surface area contributed by atoms with Gasteiger partial charge in [0.25, 0.3) is 0 Å². The van der Waals surface area contributed by atoms with E-state index < -0.39 is 23.9 Å². The summed E-state index contributed by atoms with van der Waals surface area (Å²) < 4.78 is 0. The van der Waals surface area contributed by atoms with Crippen LogP contribution in [0.2, 0.25) is 42.3 Å². The molecule has 0 saturated carbocycles. The molecule has 9 aromatic rings. The zero-order valence-electron chi connectivity index (χ0n) is 50.6. The van der Waals surface area contributed by atoms with E-state index in [0.717, 1.165) is 12.0 Å². The molecule has 30 nitrogen and oxygen atoms in total. The van der Waals surface area contributed by atoms with Crippen LogP contribution in [0.3, 0.4) is 0 Å². The number of carbonyl (C=O) groups is 4. The molecule has 0 aliphatic rings. The number of hydrogen-bond donors (Lipinski definition) is 7. The summed E-state index contributed by atoms with van der Waals surface area (Å²) in [5.41, 5.74) is 8.32. The molecule has 10 N–H and O–H groups in total. The van der Waals surface area contributed by atoms with E-state index in [2.05, 4.69) is 96.0 Å². The molecule has 0 spiro atoms. The molecular weight excluding hydrogens is 1520 g/mol. The average Bonchev–Trinajstić information content (AvgIpc) is 0.968. The largest absolute Gasteiger partial charge is 1.00 e. The number of H-pyrrole nitrogens is 1. The van der Waals surface area contributed by atoms with Crippen LogP contribution in [-0.4, -0.2) is 113 Å². The zero-order chi connectivity index (χ0) is 64.0. The van der Waals surface area contributed by atoms with Crippen molar-refractivity contribution in [3.05, 3.63) is 189 Å². The third kappa shape index (κ3) is 47.8. The Hall–Kier alpha value is -4.25. The van der Waals surface area contributed by atoms with Gasteiger partial charge in [0.1, 0.15) is 11.6 Å². The zero-order valence-corrected chi connectivity index (χ0v) is 67.5. The number of carboxylic acids is 4. The molecule has 2 atom stereocenters. The minimum Gasteiger partial charge on any atom is -0.545 e. The van der Waals surface area contributed by atoms with Crippen molar-refractivity contribution in [2.24, 2.45) is 0 Å². The molecule has 4 aromatic carbocycles. The van der Waals surface area contributed by atoms with Crippen molar-refractivity contribution >= 4 is 177 Å². The van der Waals surface area contributed by atoms with Gasteiger partial charge in [0, 0.05) is 31.2 Å². The monoisotopic (exact) mass is 1590 g/mol. The quantitative estimate of drug-likeness (QED) is 0.0375. The van der Waals surface area contributed by atoms with Crippen LogP contribution < -0.4 is 177 Å². The Labute approximate surface area is 702 Å². The number of aromatic nitrogens is 15. The van der Waals surface area contributed by atoms with Crippen LogP contribution in [0.25, 0.3) is 0 Å². The average molecular weight is 1590 g/mol. The van der Waals surface area contributed by atoms with Crippen LogP contribution in [0.15, 0.2) is 102 Å². The van der Waals surface area contributed by atoms with Gasteiger partial charge in [-0.2, -0.15) is 79.6 Å². The number of nitrogens with two attached hydrogens (primary N) is 1. The van der Waals surface area contributed by atoms with Crippen molar-refractivity contribution in [2.75, 3.05) is 41.1 Å². The van der Waals surface area contributed by atoms with Gasteiger partial charge in [-0.1, -0.05) is 105 Å². The van der Waals surface area contributed by atoms with Crippen molar-refractivity contribution in [3.8, 4) is 0 Å². The summed E-state index contributed by atoms with van der Waals surface area (Å²) in [6.45, 7) is 5.48. The summed E-state index contributed by atoms with van der Waals surface area (Å²) in [5.74, 6) is -2.43. The van der Waals surface area contributed by atoms with E-state index in [1.165, 1.54) is 72.8 Å². The fourth-order valence-corrected chi connectivity index (χ4v) is 6.90. The van der Waals surface area contributed by atoms with Crippen LogP contribution in [0, 0.1) is 13.8 Å². The number of aromatic amines is 1. The Morgan fingerprint density at radius 1 is 0.408 bits per heavy atom. The Balaban J connectivity index is -0.000000115. The fourth-order valence-electron chi connectivity index (χ4n) is 5.36. The summed E-state index contributed by atoms with van der Waals surface area (Å²) in [6.07, 6.45) is 0.924. The number of aromatic carboxylic acids is 4.